The molecule has 1 aliphatic heterocycles. The monoisotopic (exact) mass is 477 g/mol. The summed E-state index contributed by atoms with van der Waals surface area (Å²) in [5, 5.41) is 3.39. The smallest absolute Gasteiger partial charge is 0.414 e. The number of halogens is 2. The Labute approximate surface area is 196 Å². The highest BCUT2D eigenvalue weighted by Crippen LogP contribution is 2.27. The molecule has 176 valence electrons. The van der Waals surface area contributed by atoms with Crippen molar-refractivity contribution in [2.24, 2.45) is 5.11 Å². The summed E-state index contributed by atoms with van der Waals surface area (Å²) in [7, 11) is 1.82. The minimum atomic E-state index is -0.770. The van der Waals surface area contributed by atoms with Gasteiger partial charge in [0.15, 0.2) is 0 Å². The largest absolute Gasteiger partial charge is 0.449 e. The van der Waals surface area contributed by atoms with Crippen LogP contribution in [0.1, 0.15) is 18.9 Å². The number of rotatable bonds is 8. The average Bonchev–Trinajstić information content (AvgIpc) is 3.18. The molecule has 1 heterocycles. The van der Waals surface area contributed by atoms with Crippen LogP contribution < -0.4 is 9.80 Å². The molecule has 0 unspecified atom stereocenters. The van der Waals surface area contributed by atoms with E-state index in [-0.39, 0.29) is 25.5 Å². The zero-order valence-electron chi connectivity index (χ0n) is 18.4. The van der Waals surface area contributed by atoms with Crippen molar-refractivity contribution in [1.29, 1.82) is 0 Å². The molecule has 0 bridgehead atoms. The number of carbonyl (C=O) groups excluding carboxylic acids is 2. The molecule has 0 saturated carbocycles. The highest BCUT2D eigenvalue weighted by atomic mass is 35.5. The molecule has 33 heavy (non-hydrogen) atoms. The number of carbonyl (C=O) groups is 2. The summed E-state index contributed by atoms with van der Waals surface area (Å²) >= 11 is 4.97. The summed E-state index contributed by atoms with van der Waals surface area (Å²) in [6, 6.07) is 14.0. The number of amides is 1. The number of hydrogen-bond acceptors (Lipinski definition) is 6. The van der Waals surface area contributed by atoms with E-state index in [2.05, 4.69) is 14.8 Å². The molecule has 0 spiro atoms. The van der Waals surface area contributed by atoms with Crippen LogP contribution in [0.25, 0.3) is 10.4 Å². The van der Waals surface area contributed by atoms with Crippen LogP contribution >= 0.6 is 11.6 Å². The maximum Gasteiger partial charge on any atom is 0.414 e. The molecule has 0 radical (unpaired) electrons. The quantitative estimate of drug-likeness (QED) is 0.204. The van der Waals surface area contributed by atoms with Crippen molar-refractivity contribution >= 4 is 34.5 Å². The lowest BCUT2D eigenvalue weighted by Crippen LogP contribution is -2.25. The summed E-state index contributed by atoms with van der Waals surface area (Å²) < 4.78 is 23.8. The van der Waals surface area contributed by atoms with E-state index in [4.69, 9.17) is 21.9 Å². The van der Waals surface area contributed by atoms with Crippen LogP contribution in [0.4, 0.5) is 25.4 Å². The summed E-state index contributed by atoms with van der Waals surface area (Å²) in [5.41, 5.74) is 9.37. The van der Waals surface area contributed by atoms with Gasteiger partial charge in [-0.1, -0.05) is 42.4 Å². The van der Waals surface area contributed by atoms with Crippen LogP contribution in [0, 0.1) is 5.82 Å². The van der Waals surface area contributed by atoms with Gasteiger partial charge in [0.25, 0.3) is 0 Å². The molecule has 2 aromatic carbocycles. The van der Waals surface area contributed by atoms with Gasteiger partial charge in [0.1, 0.15) is 18.5 Å². The van der Waals surface area contributed by atoms with Crippen LogP contribution in [0.3, 0.4) is 0 Å². The zero-order chi connectivity index (χ0) is 24.2. The second-order valence-electron chi connectivity index (χ2n) is 7.10. The SMILES string of the molecule is CCCN(C)c1ccc(N2C[C@H](CN=[N+]=[N-])OC2=O)cc1F.O=C(Cl)OCc1ccccc1. The minimum Gasteiger partial charge on any atom is -0.449 e. The van der Waals surface area contributed by atoms with E-state index in [0.29, 0.717) is 11.4 Å². The Kier molecular flexibility index (Phi) is 10.3. The van der Waals surface area contributed by atoms with Gasteiger partial charge in [-0.2, -0.15) is 0 Å². The van der Waals surface area contributed by atoms with E-state index in [1.807, 2.05) is 49.2 Å². The molecule has 11 heteroatoms. The molecule has 9 nitrogen and oxygen atoms in total. The Hall–Kier alpha value is -3.49. The van der Waals surface area contributed by atoms with Gasteiger partial charge in [0.05, 0.1) is 24.5 Å². The Bertz CT molecular complexity index is 988. The lowest BCUT2D eigenvalue weighted by molar-refractivity contribution is 0.145. The molecule has 1 fully saturated rings. The molecule has 1 atom stereocenters. The van der Waals surface area contributed by atoms with Crippen molar-refractivity contribution in [2.75, 3.05) is 36.5 Å². The number of benzene rings is 2. The fourth-order valence-electron chi connectivity index (χ4n) is 3.10. The van der Waals surface area contributed by atoms with Gasteiger partial charge >= 0.3 is 11.5 Å². The van der Waals surface area contributed by atoms with Crippen LogP contribution in [0.2, 0.25) is 0 Å². The Balaban J connectivity index is 0.000000294. The number of ether oxygens (including phenoxy) is 2. The topological polar surface area (TPSA) is 108 Å². The van der Waals surface area contributed by atoms with Crippen LogP contribution in [0.15, 0.2) is 53.6 Å². The second kappa shape index (κ2) is 13.1. The third-order valence-corrected chi connectivity index (χ3v) is 4.74. The van der Waals surface area contributed by atoms with E-state index < -0.39 is 17.6 Å². The van der Waals surface area contributed by atoms with Gasteiger partial charge in [-0.25, -0.2) is 14.0 Å². The van der Waals surface area contributed by atoms with Crippen LogP contribution in [-0.2, 0) is 16.1 Å². The first-order chi connectivity index (χ1) is 15.8. The summed E-state index contributed by atoms with van der Waals surface area (Å²) in [5.74, 6) is -0.389. The fourth-order valence-corrected chi connectivity index (χ4v) is 3.15. The molecule has 1 amide bonds. The Morgan fingerprint density at radius 2 is 2.09 bits per heavy atom. The van der Waals surface area contributed by atoms with Gasteiger partial charge < -0.3 is 14.4 Å². The Morgan fingerprint density at radius 3 is 2.70 bits per heavy atom. The molecular weight excluding hydrogens is 453 g/mol. The number of nitrogens with zero attached hydrogens (tertiary/aromatic N) is 5. The van der Waals surface area contributed by atoms with Gasteiger partial charge in [-0.05, 0) is 35.7 Å². The van der Waals surface area contributed by atoms with Crippen molar-refractivity contribution in [2.45, 2.75) is 26.1 Å². The van der Waals surface area contributed by atoms with E-state index in [1.54, 1.807) is 12.1 Å². The van der Waals surface area contributed by atoms with Crippen molar-refractivity contribution in [3.05, 3.63) is 70.4 Å². The van der Waals surface area contributed by atoms with E-state index in [1.165, 1.54) is 11.0 Å². The predicted octanol–water partition coefficient (Wildman–Crippen LogP) is 5.87. The predicted molar refractivity (Wildman–Crippen MR) is 124 cm³/mol. The first-order valence-electron chi connectivity index (χ1n) is 10.2. The van der Waals surface area contributed by atoms with Crippen molar-refractivity contribution in [3.8, 4) is 0 Å². The maximum absolute atomic E-state index is 14.2. The van der Waals surface area contributed by atoms with Crippen molar-refractivity contribution < 1.29 is 23.5 Å². The van der Waals surface area contributed by atoms with Gasteiger partial charge in [-0.15, -0.1) is 0 Å². The van der Waals surface area contributed by atoms with Gasteiger partial charge in [0.2, 0.25) is 0 Å². The number of azide groups is 1. The zero-order valence-corrected chi connectivity index (χ0v) is 19.1. The molecule has 0 aromatic heterocycles. The van der Waals surface area contributed by atoms with E-state index in [9.17, 15) is 14.0 Å². The van der Waals surface area contributed by atoms with Crippen molar-refractivity contribution in [1.82, 2.24) is 0 Å². The Morgan fingerprint density at radius 1 is 1.36 bits per heavy atom. The third-order valence-electron chi connectivity index (χ3n) is 4.63. The maximum atomic E-state index is 14.2. The lowest BCUT2D eigenvalue weighted by Gasteiger charge is -2.21. The highest BCUT2D eigenvalue weighted by molar-refractivity contribution is 6.61. The standard InChI is InChI=1S/C14H18FN5O2.C8H7ClO2/c1-3-6-19(2)13-5-4-10(7-12(13)15)20-9-11(8-17-18-16)22-14(20)21;9-8(10)11-6-7-4-2-1-3-5-7/h4-5,7,11H,3,6,8-9H2,1-2H3;1-5H,6H2/t11-;/m0./s1. The van der Waals surface area contributed by atoms with Gasteiger partial charge in [-0.3, -0.25) is 4.90 Å². The number of anilines is 2. The molecule has 2 aromatic rings. The molecule has 3 rings (SSSR count). The minimum absolute atomic E-state index is 0.0680. The molecule has 0 N–H and O–H groups in total. The summed E-state index contributed by atoms with van der Waals surface area (Å²) in [6.45, 7) is 3.31. The summed E-state index contributed by atoms with van der Waals surface area (Å²) in [6.07, 6.45) is -0.154. The first kappa shape index (κ1) is 25.8. The first-order valence-corrected chi connectivity index (χ1v) is 10.6. The molecule has 1 aliphatic rings. The second-order valence-corrected chi connectivity index (χ2v) is 7.41. The number of hydrogen-bond donors (Lipinski definition) is 0. The third kappa shape index (κ3) is 8.17. The molecule has 0 aliphatic carbocycles. The normalized spacial score (nSPS) is 14.5. The molecular formula is C22H25ClFN5O4. The van der Waals surface area contributed by atoms with Crippen LogP contribution in [0.5, 0.6) is 0 Å². The highest BCUT2D eigenvalue weighted by Gasteiger charge is 2.32. The summed E-state index contributed by atoms with van der Waals surface area (Å²) in [4.78, 5) is 27.8. The van der Waals surface area contributed by atoms with Gasteiger partial charge in [0, 0.05) is 30.1 Å². The fraction of sp³-hybridized carbons (Fsp3) is 0.364. The molecule has 1 saturated heterocycles. The van der Waals surface area contributed by atoms with Crippen molar-refractivity contribution in [3.63, 3.8) is 0 Å². The lowest BCUT2D eigenvalue weighted by atomic mass is 10.2. The number of cyclic esters (lactones) is 1. The van der Waals surface area contributed by atoms with Crippen LogP contribution in [-0.4, -0.2) is 44.3 Å². The van der Waals surface area contributed by atoms with E-state index >= 15 is 0 Å². The average molecular weight is 478 g/mol. The van der Waals surface area contributed by atoms with E-state index in [0.717, 1.165) is 18.5 Å².